The Morgan fingerprint density at radius 1 is 1.15 bits per heavy atom. The zero-order valence-corrected chi connectivity index (χ0v) is 19.5. The van der Waals surface area contributed by atoms with Crippen LogP contribution in [0.4, 0.5) is 5.82 Å². The summed E-state index contributed by atoms with van der Waals surface area (Å²) in [4.78, 5) is 33.8. The summed E-state index contributed by atoms with van der Waals surface area (Å²) in [5.41, 5.74) is 2.94. The summed E-state index contributed by atoms with van der Waals surface area (Å²) in [7, 11) is 1.58. The van der Waals surface area contributed by atoms with Gasteiger partial charge in [0.1, 0.15) is 11.6 Å². The number of nitrogens with one attached hydrogen (secondary N) is 2. The third-order valence-corrected chi connectivity index (χ3v) is 6.31. The molecule has 170 valence electrons. The molecule has 1 aliphatic rings. The third kappa shape index (κ3) is 4.80. The van der Waals surface area contributed by atoms with Gasteiger partial charge in [-0.05, 0) is 37.1 Å². The number of rotatable bonds is 7. The predicted octanol–water partition coefficient (Wildman–Crippen LogP) is 4.47. The monoisotopic (exact) mass is 463 g/mol. The maximum absolute atomic E-state index is 13.3. The third-order valence-electron chi connectivity index (χ3n) is 5.36. The van der Waals surface area contributed by atoms with Gasteiger partial charge in [-0.3, -0.25) is 4.79 Å². The summed E-state index contributed by atoms with van der Waals surface area (Å²) in [6, 6.07) is 17.3. The minimum Gasteiger partial charge on any atom is -0.497 e. The van der Waals surface area contributed by atoms with E-state index in [-0.39, 0.29) is 12.2 Å². The number of anilines is 1. The molecule has 7 nitrogen and oxygen atoms in total. The summed E-state index contributed by atoms with van der Waals surface area (Å²) >= 11 is 1.45. The van der Waals surface area contributed by atoms with Gasteiger partial charge in [-0.25, -0.2) is 9.78 Å². The fraction of sp³-hybridized carbons (Fsp3) is 0.240. The lowest BCUT2D eigenvalue weighted by Gasteiger charge is -2.29. The van der Waals surface area contributed by atoms with E-state index in [1.54, 1.807) is 21.0 Å². The van der Waals surface area contributed by atoms with E-state index in [0.29, 0.717) is 39.3 Å². The average Bonchev–Trinajstić information content (AvgIpc) is 2.82. The maximum atomic E-state index is 13.3. The molecule has 1 aliphatic heterocycles. The van der Waals surface area contributed by atoms with Crippen LogP contribution in [0.25, 0.3) is 0 Å². The topological polar surface area (TPSA) is 93.3 Å². The van der Waals surface area contributed by atoms with Gasteiger partial charge in [0.05, 0.1) is 30.8 Å². The smallest absolute Gasteiger partial charge is 0.336 e. The number of H-pyrrole nitrogens is 1. The highest BCUT2D eigenvalue weighted by Crippen LogP contribution is 2.41. The van der Waals surface area contributed by atoms with E-state index >= 15 is 0 Å². The Morgan fingerprint density at radius 3 is 2.67 bits per heavy atom. The molecule has 0 saturated carbocycles. The van der Waals surface area contributed by atoms with Crippen LogP contribution in [0.15, 0.2) is 75.8 Å². The first-order valence-corrected chi connectivity index (χ1v) is 11.6. The van der Waals surface area contributed by atoms with Gasteiger partial charge in [0.15, 0.2) is 5.16 Å². The minimum absolute atomic E-state index is 0.233. The molecular weight excluding hydrogens is 438 g/mol. The van der Waals surface area contributed by atoms with Crippen molar-refractivity contribution < 1.29 is 14.3 Å². The first kappa shape index (κ1) is 22.7. The number of benzene rings is 2. The van der Waals surface area contributed by atoms with Crippen LogP contribution in [0, 0.1) is 0 Å². The Kier molecular flexibility index (Phi) is 6.84. The van der Waals surface area contributed by atoms with Crippen molar-refractivity contribution in [3.05, 3.63) is 92.9 Å². The lowest BCUT2D eigenvalue weighted by atomic mass is 9.82. The van der Waals surface area contributed by atoms with Crippen LogP contribution in [0.3, 0.4) is 0 Å². The summed E-state index contributed by atoms with van der Waals surface area (Å²) < 4.78 is 10.7. The second kappa shape index (κ2) is 9.95. The Hall–Kier alpha value is -3.52. The first-order chi connectivity index (χ1) is 16.0. The molecule has 1 atom stereocenters. The van der Waals surface area contributed by atoms with Crippen LogP contribution in [0.1, 0.15) is 36.5 Å². The zero-order valence-electron chi connectivity index (χ0n) is 18.7. The van der Waals surface area contributed by atoms with Crippen LogP contribution in [-0.2, 0) is 15.3 Å². The molecule has 4 rings (SSSR count). The molecule has 0 amide bonds. The number of carbonyl (C=O) groups excluding carboxylic acids is 1. The number of nitrogens with zero attached hydrogens (tertiary/aromatic N) is 1. The van der Waals surface area contributed by atoms with Gasteiger partial charge in [-0.15, -0.1) is 0 Å². The molecule has 8 heteroatoms. The number of esters is 1. The Balaban J connectivity index is 1.78. The van der Waals surface area contributed by atoms with E-state index in [9.17, 15) is 9.59 Å². The number of hydrogen-bond donors (Lipinski definition) is 2. The molecule has 2 N–H and O–H groups in total. The molecule has 2 heterocycles. The maximum Gasteiger partial charge on any atom is 0.336 e. The van der Waals surface area contributed by atoms with Crippen molar-refractivity contribution in [2.75, 3.05) is 19.0 Å². The molecule has 0 fully saturated rings. The number of carbonyl (C=O) groups is 1. The van der Waals surface area contributed by atoms with E-state index in [2.05, 4.69) is 15.3 Å². The molecule has 3 aromatic rings. The molecule has 0 radical (unpaired) electrons. The fourth-order valence-electron chi connectivity index (χ4n) is 3.86. The van der Waals surface area contributed by atoms with Gasteiger partial charge < -0.3 is 19.8 Å². The Bertz CT molecular complexity index is 1250. The number of methoxy groups -OCH3 is 1. The van der Waals surface area contributed by atoms with Crippen LogP contribution in [0.5, 0.6) is 5.75 Å². The fourth-order valence-corrected chi connectivity index (χ4v) is 4.68. The molecular formula is C25H25N3O4S. The van der Waals surface area contributed by atoms with E-state index in [0.717, 1.165) is 11.1 Å². The van der Waals surface area contributed by atoms with Gasteiger partial charge in [-0.1, -0.05) is 54.2 Å². The van der Waals surface area contributed by atoms with Gasteiger partial charge in [0, 0.05) is 11.4 Å². The zero-order chi connectivity index (χ0) is 23.4. The van der Waals surface area contributed by atoms with E-state index in [1.165, 1.54) is 11.8 Å². The lowest BCUT2D eigenvalue weighted by Crippen LogP contribution is -2.31. The number of allylic oxidation sites excluding steroid dienone is 1. The molecule has 0 aliphatic carbocycles. The number of ether oxygens (including phenoxy) is 2. The summed E-state index contributed by atoms with van der Waals surface area (Å²) in [6.45, 7) is 3.78. The van der Waals surface area contributed by atoms with Gasteiger partial charge >= 0.3 is 5.97 Å². The molecule has 0 bridgehead atoms. The highest BCUT2D eigenvalue weighted by atomic mass is 32.2. The van der Waals surface area contributed by atoms with Crippen molar-refractivity contribution in [2.24, 2.45) is 0 Å². The number of thioether (sulfide) groups is 1. The molecule has 1 aromatic heterocycles. The van der Waals surface area contributed by atoms with Gasteiger partial charge in [0.2, 0.25) is 0 Å². The molecule has 2 aromatic carbocycles. The van der Waals surface area contributed by atoms with Crippen molar-refractivity contribution in [2.45, 2.75) is 30.7 Å². The normalized spacial score (nSPS) is 14.9. The number of hydrogen-bond acceptors (Lipinski definition) is 7. The van der Waals surface area contributed by atoms with Crippen LogP contribution < -0.4 is 15.6 Å². The van der Waals surface area contributed by atoms with E-state index in [4.69, 9.17) is 9.47 Å². The lowest BCUT2D eigenvalue weighted by molar-refractivity contribution is -0.138. The van der Waals surface area contributed by atoms with E-state index in [1.807, 2.05) is 54.6 Å². The molecule has 0 spiro atoms. The van der Waals surface area contributed by atoms with Gasteiger partial charge in [-0.2, -0.15) is 0 Å². The molecule has 0 saturated heterocycles. The number of fused-ring (bicyclic) bond motifs is 1. The standard InChI is InChI=1S/C25H25N3O4S/c1-4-32-24(30)19-15(2)26-22-21(20(19)17-11-8-12-18(13-17)31-3)23(29)28-25(27-22)33-14-16-9-6-5-7-10-16/h5-13,20H,4,14H2,1-3H3,(H2,26,27,28,29). The SMILES string of the molecule is CCOC(=O)C1=C(C)Nc2nc(SCc3ccccc3)[nH]c(=O)c2C1c1cccc(OC)c1. The Labute approximate surface area is 196 Å². The number of aromatic nitrogens is 2. The minimum atomic E-state index is -0.639. The second-order valence-electron chi connectivity index (χ2n) is 7.50. The number of aromatic amines is 1. The highest BCUT2D eigenvalue weighted by molar-refractivity contribution is 7.98. The van der Waals surface area contributed by atoms with Crippen molar-refractivity contribution in [3.63, 3.8) is 0 Å². The van der Waals surface area contributed by atoms with Gasteiger partial charge in [0.25, 0.3) is 5.56 Å². The summed E-state index contributed by atoms with van der Waals surface area (Å²) in [6.07, 6.45) is 0. The van der Waals surface area contributed by atoms with Crippen LogP contribution in [0.2, 0.25) is 0 Å². The predicted molar refractivity (Wildman–Crippen MR) is 129 cm³/mol. The van der Waals surface area contributed by atoms with Crippen LogP contribution >= 0.6 is 11.8 Å². The first-order valence-electron chi connectivity index (χ1n) is 10.6. The van der Waals surface area contributed by atoms with Crippen molar-refractivity contribution in [3.8, 4) is 5.75 Å². The molecule has 1 unspecified atom stereocenters. The van der Waals surface area contributed by atoms with Crippen molar-refractivity contribution in [1.82, 2.24) is 9.97 Å². The second-order valence-corrected chi connectivity index (χ2v) is 8.47. The average molecular weight is 464 g/mol. The largest absolute Gasteiger partial charge is 0.497 e. The molecule has 33 heavy (non-hydrogen) atoms. The summed E-state index contributed by atoms with van der Waals surface area (Å²) in [5, 5.41) is 3.67. The summed E-state index contributed by atoms with van der Waals surface area (Å²) in [5.74, 6) is 0.633. The Morgan fingerprint density at radius 2 is 1.94 bits per heavy atom. The van der Waals surface area contributed by atoms with Crippen molar-refractivity contribution in [1.29, 1.82) is 0 Å². The highest BCUT2D eigenvalue weighted by Gasteiger charge is 2.36. The quantitative estimate of drug-likeness (QED) is 0.303. The van der Waals surface area contributed by atoms with Crippen molar-refractivity contribution >= 4 is 23.5 Å². The van der Waals surface area contributed by atoms with Crippen LogP contribution in [-0.4, -0.2) is 29.7 Å². The van der Waals surface area contributed by atoms with E-state index < -0.39 is 11.9 Å².